The standard InChI is InChI=1S/C11H15N5O3S/c1-7-15-11(19-16-7)6-14-9-4-3-8(12)5-10(9)20(17,18)13-2/h3-5,13-14H,6,12H2,1-2H3. The molecule has 0 saturated carbocycles. The first-order valence-electron chi connectivity index (χ1n) is 5.78. The van der Waals surface area contributed by atoms with Crippen molar-refractivity contribution in [2.75, 3.05) is 18.1 Å². The normalized spacial score (nSPS) is 11.5. The Morgan fingerprint density at radius 1 is 1.40 bits per heavy atom. The van der Waals surface area contributed by atoms with Crippen molar-refractivity contribution in [3.8, 4) is 0 Å². The summed E-state index contributed by atoms with van der Waals surface area (Å²) in [7, 11) is -2.27. The van der Waals surface area contributed by atoms with Gasteiger partial charge in [-0.25, -0.2) is 13.1 Å². The highest BCUT2D eigenvalue weighted by molar-refractivity contribution is 7.89. The maximum Gasteiger partial charge on any atom is 0.245 e. The Hall–Kier alpha value is -2.13. The number of aromatic nitrogens is 2. The maximum absolute atomic E-state index is 11.9. The predicted octanol–water partition coefficient (Wildman–Crippen LogP) is 0.480. The van der Waals surface area contributed by atoms with Gasteiger partial charge in [-0.05, 0) is 32.2 Å². The van der Waals surface area contributed by atoms with Crippen molar-refractivity contribution in [2.24, 2.45) is 0 Å². The summed E-state index contributed by atoms with van der Waals surface area (Å²) in [6.45, 7) is 1.92. The van der Waals surface area contributed by atoms with Gasteiger partial charge in [0.2, 0.25) is 15.9 Å². The van der Waals surface area contributed by atoms with Crippen LogP contribution in [0.3, 0.4) is 0 Å². The van der Waals surface area contributed by atoms with E-state index in [1.165, 1.54) is 13.1 Å². The van der Waals surface area contributed by atoms with Crippen molar-refractivity contribution >= 4 is 21.4 Å². The van der Waals surface area contributed by atoms with E-state index in [2.05, 4.69) is 20.2 Å². The maximum atomic E-state index is 11.9. The smallest absolute Gasteiger partial charge is 0.245 e. The zero-order valence-electron chi connectivity index (χ0n) is 11.0. The molecule has 0 aliphatic carbocycles. The van der Waals surface area contributed by atoms with Gasteiger partial charge in [-0.1, -0.05) is 5.16 Å². The lowest BCUT2D eigenvalue weighted by Crippen LogP contribution is -2.20. The van der Waals surface area contributed by atoms with Crippen LogP contribution in [0.2, 0.25) is 0 Å². The largest absolute Gasteiger partial charge is 0.399 e. The van der Waals surface area contributed by atoms with Gasteiger partial charge in [-0.15, -0.1) is 0 Å². The Morgan fingerprint density at radius 2 is 2.15 bits per heavy atom. The Balaban J connectivity index is 2.27. The molecule has 2 rings (SSSR count). The molecule has 0 fully saturated rings. The van der Waals surface area contributed by atoms with Crippen LogP contribution >= 0.6 is 0 Å². The second-order valence-electron chi connectivity index (χ2n) is 4.05. The summed E-state index contributed by atoms with van der Waals surface area (Å²) in [6, 6.07) is 4.58. The van der Waals surface area contributed by atoms with E-state index in [9.17, 15) is 8.42 Å². The van der Waals surface area contributed by atoms with Crippen LogP contribution in [0.1, 0.15) is 11.7 Å². The molecule has 0 saturated heterocycles. The molecule has 0 bridgehead atoms. The summed E-state index contributed by atoms with van der Waals surface area (Å²) in [5, 5.41) is 6.59. The van der Waals surface area contributed by atoms with Crippen molar-refractivity contribution in [1.82, 2.24) is 14.9 Å². The molecule has 0 spiro atoms. The number of nitrogens with two attached hydrogens (primary N) is 1. The molecular weight excluding hydrogens is 282 g/mol. The quantitative estimate of drug-likeness (QED) is 0.686. The van der Waals surface area contributed by atoms with E-state index in [1.54, 1.807) is 19.1 Å². The summed E-state index contributed by atoms with van der Waals surface area (Å²) in [4.78, 5) is 4.09. The van der Waals surface area contributed by atoms with Crippen LogP contribution in [0.25, 0.3) is 0 Å². The van der Waals surface area contributed by atoms with E-state index in [-0.39, 0.29) is 11.4 Å². The molecule has 1 aromatic carbocycles. The molecule has 0 aliphatic heterocycles. The average Bonchev–Trinajstić information content (AvgIpc) is 2.83. The summed E-state index contributed by atoms with van der Waals surface area (Å²) >= 11 is 0. The first-order valence-corrected chi connectivity index (χ1v) is 7.27. The first kappa shape index (κ1) is 14.3. The van der Waals surface area contributed by atoms with Crippen LogP contribution in [0.4, 0.5) is 11.4 Å². The van der Waals surface area contributed by atoms with Crippen LogP contribution in [0.5, 0.6) is 0 Å². The summed E-state index contributed by atoms with van der Waals surface area (Å²) in [5.41, 5.74) is 6.39. The molecule has 4 N–H and O–H groups in total. The fourth-order valence-electron chi connectivity index (χ4n) is 1.60. The summed E-state index contributed by atoms with van der Waals surface area (Å²) in [6.07, 6.45) is 0. The second-order valence-corrected chi connectivity index (χ2v) is 5.91. The van der Waals surface area contributed by atoms with E-state index in [4.69, 9.17) is 10.3 Å². The molecule has 1 heterocycles. The van der Waals surface area contributed by atoms with Gasteiger partial charge in [0.15, 0.2) is 5.82 Å². The minimum atomic E-state index is -3.61. The lowest BCUT2D eigenvalue weighted by atomic mass is 10.3. The Kier molecular flexibility index (Phi) is 3.91. The highest BCUT2D eigenvalue weighted by Crippen LogP contribution is 2.24. The average molecular weight is 297 g/mol. The van der Waals surface area contributed by atoms with E-state index in [1.807, 2.05) is 0 Å². The zero-order valence-corrected chi connectivity index (χ0v) is 11.9. The van der Waals surface area contributed by atoms with Crippen molar-refractivity contribution < 1.29 is 12.9 Å². The van der Waals surface area contributed by atoms with E-state index >= 15 is 0 Å². The molecule has 9 heteroatoms. The highest BCUT2D eigenvalue weighted by atomic mass is 32.2. The number of hydrogen-bond donors (Lipinski definition) is 3. The van der Waals surface area contributed by atoms with Gasteiger partial charge >= 0.3 is 0 Å². The highest BCUT2D eigenvalue weighted by Gasteiger charge is 2.17. The third kappa shape index (κ3) is 3.06. The molecule has 0 amide bonds. The van der Waals surface area contributed by atoms with Crippen LogP contribution in [-0.4, -0.2) is 25.6 Å². The van der Waals surface area contributed by atoms with Gasteiger partial charge < -0.3 is 15.6 Å². The number of nitrogen functional groups attached to an aromatic ring is 1. The van der Waals surface area contributed by atoms with Crippen molar-refractivity contribution in [3.63, 3.8) is 0 Å². The Labute approximate surface area is 116 Å². The van der Waals surface area contributed by atoms with Gasteiger partial charge in [-0.2, -0.15) is 4.98 Å². The van der Waals surface area contributed by atoms with Gasteiger partial charge in [-0.3, -0.25) is 0 Å². The van der Waals surface area contributed by atoms with Gasteiger partial charge in [0.1, 0.15) is 4.90 Å². The molecule has 0 radical (unpaired) electrons. The van der Waals surface area contributed by atoms with E-state index in [0.717, 1.165) is 0 Å². The fraction of sp³-hybridized carbons (Fsp3) is 0.273. The summed E-state index contributed by atoms with van der Waals surface area (Å²) < 4.78 is 31.1. The molecule has 108 valence electrons. The third-order valence-corrected chi connectivity index (χ3v) is 4.02. The topological polar surface area (TPSA) is 123 Å². The predicted molar refractivity (Wildman–Crippen MR) is 73.5 cm³/mol. The third-order valence-electron chi connectivity index (χ3n) is 2.56. The molecular formula is C11H15N5O3S. The van der Waals surface area contributed by atoms with Gasteiger partial charge in [0.25, 0.3) is 0 Å². The molecule has 0 atom stereocenters. The number of nitrogens with one attached hydrogen (secondary N) is 2. The first-order chi connectivity index (χ1) is 9.42. The molecule has 0 unspecified atom stereocenters. The number of hydrogen-bond acceptors (Lipinski definition) is 7. The zero-order chi connectivity index (χ0) is 14.8. The van der Waals surface area contributed by atoms with Crippen LogP contribution in [0, 0.1) is 6.92 Å². The molecule has 1 aromatic heterocycles. The van der Waals surface area contributed by atoms with Crippen molar-refractivity contribution in [2.45, 2.75) is 18.4 Å². The lowest BCUT2D eigenvalue weighted by molar-refractivity contribution is 0.379. The number of sulfonamides is 1. The number of benzene rings is 1. The van der Waals surface area contributed by atoms with Crippen molar-refractivity contribution in [3.05, 3.63) is 29.9 Å². The minimum absolute atomic E-state index is 0.0660. The fourth-order valence-corrected chi connectivity index (χ4v) is 2.54. The number of anilines is 2. The van der Waals surface area contributed by atoms with Gasteiger partial charge in [0, 0.05) is 5.69 Å². The van der Waals surface area contributed by atoms with Gasteiger partial charge in [0.05, 0.1) is 12.2 Å². The lowest BCUT2D eigenvalue weighted by Gasteiger charge is -2.11. The number of nitrogens with zero attached hydrogens (tertiary/aromatic N) is 2. The Morgan fingerprint density at radius 3 is 2.75 bits per heavy atom. The Bertz CT molecular complexity index is 711. The number of aryl methyl sites for hydroxylation is 1. The summed E-state index contributed by atoms with van der Waals surface area (Å²) in [5.74, 6) is 0.884. The van der Waals surface area contributed by atoms with E-state index < -0.39 is 10.0 Å². The number of rotatable bonds is 5. The SMILES string of the molecule is CNS(=O)(=O)c1cc(N)ccc1NCc1nc(C)no1. The van der Waals surface area contributed by atoms with E-state index in [0.29, 0.717) is 23.1 Å². The van der Waals surface area contributed by atoms with Crippen LogP contribution in [0.15, 0.2) is 27.6 Å². The molecule has 0 aliphatic rings. The molecule has 8 nitrogen and oxygen atoms in total. The van der Waals surface area contributed by atoms with Crippen LogP contribution in [-0.2, 0) is 16.6 Å². The van der Waals surface area contributed by atoms with Crippen LogP contribution < -0.4 is 15.8 Å². The molecule has 20 heavy (non-hydrogen) atoms. The monoisotopic (exact) mass is 297 g/mol. The van der Waals surface area contributed by atoms with Crippen molar-refractivity contribution in [1.29, 1.82) is 0 Å². The molecule has 2 aromatic rings. The minimum Gasteiger partial charge on any atom is -0.399 e. The second kappa shape index (κ2) is 5.47.